The number of methoxy groups -OCH3 is 1. The van der Waals surface area contributed by atoms with Crippen LogP contribution in [0.4, 0.5) is 5.95 Å². The standard InChI is InChI=1S/C16H21N3O/c1-6-17-16-18-11(3)9-14(19-16)13-8-7-10(2)12(4)15(13)20-5/h7-9H,6H2,1-5H3,(H,17,18,19). The summed E-state index contributed by atoms with van der Waals surface area (Å²) < 4.78 is 5.57. The molecule has 1 N–H and O–H groups in total. The second-order valence-electron chi connectivity index (χ2n) is 4.84. The number of benzene rings is 1. The van der Waals surface area contributed by atoms with Crippen LogP contribution in [0.5, 0.6) is 5.75 Å². The molecule has 0 bridgehead atoms. The number of hydrogen-bond donors (Lipinski definition) is 1. The van der Waals surface area contributed by atoms with Crippen molar-refractivity contribution in [1.82, 2.24) is 9.97 Å². The molecule has 0 saturated carbocycles. The van der Waals surface area contributed by atoms with Gasteiger partial charge in [-0.1, -0.05) is 6.07 Å². The number of ether oxygens (including phenoxy) is 1. The lowest BCUT2D eigenvalue weighted by Gasteiger charge is -2.14. The van der Waals surface area contributed by atoms with Crippen molar-refractivity contribution in [3.8, 4) is 17.0 Å². The van der Waals surface area contributed by atoms with Crippen molar-refractivity contribution in [1.29, 1.82) is 0 Å². The number of aryl methyl sites for hydroxylation is 2. The minimum atomic E-state index is 0.655. The van der Waals surface area contributed by atoms with Crippen molar-refractivity contribution < 1.29 is 4.74 Å². The maximum atomic E-state index is 5.57. The van der Waals surface area contributed by atoms with Crippen molar-refractivity contribution in [3.05, 3.63) is 35.0 Å². The fourth-order valence-corrected chi connectivity index (χ4v) is 2.20. The lowest BCUT2D eigenvalue weighted by Crippen LogP contribution is -2.04. The normalized spacial score (nSPS) is 10.4. The fraction of sp³-hybridized carbons (Fsp3) is 0.375. The third-order valence-electron chi connectivity index (χ3n) is 3.35. The van der Waals surface area contributed by atoms with E-state index in [1.165, 1.54) is 5.56 Å². The highest BCUT2D eigenvalue weighted by Gasteiger charge is 2.13. The Labute approximate surface area is 120 Å². The lowest BCUT2D eigenvalue weighted by atomic mass is 10.0. The third kappa shape index (κ3) is 2.74. The van der Waals surface area contributed by atoms with E-state index >= 15 is 0 Å². The van der Waals surface area contributed by atoms with Gasteiger partial charge in [0.2, 0.25) is 5.95 Å². The molecule has 0 atom stereocenters. The summed E-state index contributed by atoms with van der Waals surface area (Å²) in [5.41, 5.74) is 5.18. The van der Waals surface area contributed by atoms with E-state index in [4.69, 9.17) is 4.74 Å². The van der Waals surface area contributed by atoms with Crippen LogP contribution < -0.4 is 10.1 Å². The Morgan fingerprint density at radius 3 is 2.55 bits per heavy atom. The second-order valence-corrected chi connectivity index (χ2v) is 4.84. The van der Waals surface area contributed by atoms with Gasteiger partial charge in [0.1, 0.15) is 5.75 Å². The highest BCUT2D eigenvalue weighted by Crippen LogP contribution is 2.34. The smallest absolute Gasteiger partial charge is 0.223 e. The van der Waals surface area contributed by atoms with Crippen LogP contribution in [0.25, 0.3) is 11.3 Å². The van der Waals surface area contributed by atoms with Crippen LogP contribution in [0.2, 0.25) is 0 Å². The van der Waals surface area contributed by atoms with E-state index in [1.807, 2.05) is 19.9 Å². The third-order valence-corrected chi connectivity index (χ3v) is 3.35. The Balaban J connectivity index is 2.59. The molecule has 4 heteroatoms. The molecule has 1 aromatic carbocycles. The predicted octanol–water partition coefficient (Wildman–Crippen LogP) is 3.51. The molecule has 2 aromatic rings. The quantitative estimate of drug-likeness (QED) is 0.924. The first-order valence-corrected chi connectivity index (χ1v) is 6.81. The molecule has 20 heavy (non-hydrogen) atoms. The summed E-state index contributed by atoms with van der Waals surface area (Å²) in [6, 6.07) is 6.13. The molecule has 0 aliphatic carbocycles. The lowest BCUT2D eigenvalue weighted by molar-refractivity contribution is 0.413. The zero-order valence-corrected chi connectivity index (χ0v) is 12.7. The molecule has 0 aliphatic rings. The van der Waals surface area contributed by atoms with Crippen LogP contribution in [0.15, 0.2) is 18.2 Å². The van der Waals surface area contributed by atoms with Gasteiger partial charge in [0.15, 0.2) is 0 Å². The van der Waals surface area contributed by atoms with Gasteiger partial charge in [0.05, 0.1) is 12.8 Å². The molecule has 2 rings (SSSR count). The molecule has 0 radical (unpaired) electrons. The van der Waals surface area contributed by atoms with E-state index in [0.29, 0.717) is 5.95 Å². The molecule has 0 saturated heterocycles. The van der Waals surface area contributed by atoms with Gasteiger partial charge in [-0.15, -0.1) is 0 Å². The van der Waals surface area contributed by atoms with Crippen LogP contribution in [-0.2, 0) is 0 Å². The van der Waals surface area contributed by atoms with Gasteiger partial charge in [0.25, 0.3) is 0 Å². The van der Waals surface area contributed by atoms with Gasteiger partial charge in [-0.25, -0.2) is 9.97 Å². The summed E-state index contributed by atoms with van der Waals surface area (Å²) in [4.78, 5) is 8.95. The Bertz CT molecular complexity index is 623. The molecule has 1 heterocycles. The first-order valence-electron chi connectivity index (χ1n) is 6.81. The van der Waals surface area contributed by atoms with Gasteiger partial charge < -0.3 is 10.1 Å². The number of nitrogens with zero attached hydrogens (tertiary/aromatic N) is 2. The van der Waals surface area contributed by atoms with Gasteiger partial charge in [-0.2, -0.15) is 0 Å². The van der Waals surface area contributed by atoms with Crippen molar-refractivity contribution >= 4 is 5.95 Å². The molecule has 106 valence electrons. The minimum Gasteiger partial charge on any atom is -0.496 e. The Hall–Kier alpha value is -2.10. The number of aromatic nitrogens is 2. The van der Waals surface area contributed by atoms with Crippen LogP contribution in [0, 0.1) is 20.8 Å². The molecular weight excluding hydrogens is 250 g/mol. The summed E-state index contributed by atoms with van der Waals surface area (Å²) in [6.07, 6.45) is 0. The van der Waals surface area contributed by atoms with Crippen LogP contribution >= 0.6 is 0 Å². The van der Waals surface area contributed by atoms with Crippen LogP contribution in [0.1, 0.15) is 23.7 Å². The van der Waals surface area contributed by atoms with Crippen molar-refractivity contribution in [2.24, 2.45) is 0 Å². The van der Waals surface area contributed by atoms with Gasteiger partial charge in [-0.05, 0) is 51.0 Å². The summed E-state index contributed by atoms with van der Waals surface area (Å²) in [5, 5.41) is 3.16. The Morgan fingerprint density at radius 1 is 1.15 bits per heavy atom. The number of nitrogens with one attached hydrogen (secondary N) is 1. The molecule has 0 amide bonds. The SMILES string of the molecule is CCNc1nc(C)cc(-c2ccc(C)c(C)c2OC)n1. The molecule has 0 aliphatic heterocycles. The van der Waals surface area contributed by atoms with Crippen LogP contribution in [0.3, 0.4) is 0 Å². The van der Waals surface area contributed by atoms with Crippen molar-refractivity contribution in [2.45, 2.75) is 27.7 Å². The predicted molar refractivity (Wildman–Crippen MR) is 82.4 cm³/mol. The maximum Gasteiger partial charge on any atom is 0.223 e. The first-order chi connectivity index (χ1) is 9.56. The summed E-state index contributed by atoms with van der Waals surface area (Å²) in [7, 11) is 1.70. The van der Waals surface area contributed by atoms with E-state index in [0.717, 1.165) is 34.8 Å². The minimum absolute atomic E-state index is 0.655. The molecule has 0 fully saturated rings. The summed E-state index contributed by atoms with van der Waals surface area (Å²) in [6.45, 7) is 8.95. The van der Waals surface area contributed by atoms with E-state index in [-0.39, 0.29) is 0 Å². The van der Waals surface area contributed by atoms with Crippen molar-refractivity contribution in [2.75, 3.05) is 19.0 Å². The van der Waals surface area contributed by atoms with Crippen molar-refractivity contribution in [3.63, 3.8) is 0 Å². The number of anilines is 1. The first kappa shape index (κ1) is 14.3. The van der Waals surface area contributed by atoms with E-state index in [1.54, 1.807) is 7.11 Å². The van der Waals surface area contributed by atoms with E-state index in [2.05, 4.69) is 41.3 Å². The molecular formula is C16H21N3O. The summed E-state index contributed by atoms with van der Waals surface area (Å²) >= 11 is 0. The van der Waals surface area contributed by atoms with E-state index < -0.39 is 0 Å². The average Bonchev–Trinajstić information content (AvgIpc) is 2.41. The Kier molecular flexibility index (Phi) is 4.23. The molecule has 1 aromatic heterocycles. The number of rotatable bonds is 4. The van der Waals surface area contributed by atoms with E-state index in [9.17, 15) is 0 Å². The number of hydrogen-bond acceptors (Lipinski definition) is 4. The van der Waals surface area contributed by atoms with Crippen LogP contribution in [-0.4, -0.2) is 23.6 Å². The highest BCUT2D eigenvalue weighted by molar-refractivity contribution is 5.71. The topological polar surface area (TPSA) is 47.0 Å². The fourth-order valence-electron chi connectivity index (χ4n) is 2.20. The monoisotopic (exact) mass is 271 g/mol. The van der Waals surface area contributed by atoms with Gasteiger partial charge >= 0.3 is 0 Å². The Morgan fingerprint density at radius 2 is 1.90 bits per heavy atom. The molecule has 0 unspecified atom stereocenters. The van der Waals surface area contributed by atoms with Gasteiger partial charge in [-0.3, -0.25) is 0 Å². The molecule has 4 nitrogen and oxygen atoms in total. The van der Waals surface area contributed by atoms with Gasteiger partial charge in [0, 0.05) is 17.8 Å². The average molecular weight is 271 g/mol. The largest absolute Gasteiger partial charge is 0.496 e. The highest BCUT2D eigenvalue weighted by atomic mass is 16.5. The maximum absolute atomic E-state index is 5.57. The zero-order chi connectivity index (χ0) is 14.7. The molecule has 0 spiro atoms. The zero-order valence-electron chi connectivity index (χ0n) is 12.7. The summed E-state index contributed by atoms with van der Waals surface area (Å²) in [5.74, 6) is 1.54. The second kappa shape index (κ2) is 5.90.